The Hall–Kier alpha value is -1.83. The first-order valence-corrected chi connectivity index (χ1v) is 11.3. The van der Waals surface area contributed by atoms with E-state index in [1.165, 1.54) is 6.07 Å². The van der Waals surface area contributed by atoms with Gasteiger partial charge in [0.05, 0.1) is 23.9 Å². The first-order chi connectivity index (χ1) is 14.9. The molecular formula is C24H29F3N2O2. The Kier molecular flexibility index (Phi) is 5.61. The summed E-state index contributed by atoms with van der Waals surface area (Å²) in [5.41, 5.74) is 0.746. The Bertz CT molecular complexity index is 869. The molecule has 2 fully saturated rings. The largest absolute Gasteiger partial charge is 0.416 e. The minimum absolute atomic E-state index is 0.0329. The van der Waals surface area contributed by atoms with E-state index in [2.05, 4.69) is 28.4 Å². The normalized spacial score (nSPS) is 35.5. The standard InChI is InChI=1S/C24H29F3N2O2/c25-24(26,27)16-6-9-21-20(12-16)23-19(22(28-21)15-4-2-1-3-5-15)8-7-18(31-23)14-29-11-10-17(30)13-29/h1-4,6,9,12,15,17-19,22-23,28,30H,5,7-8,10-11,13-14H2/t15?,17-,18-,19+,22+,23+/m1/s1. The molecule has 3 heterocycles. The van der Waals surface area contributed by atoms with Crippen LogP contribution in [0.25, 0.3) is 0 Å². The lowest BCUT2D eigenvalue weighted by Crippen LogP contribution is -2.48. The van der Waals surface area contributed by atoms with Crippen LogP contribution in [-0.4, -0.2) is 47.9 Å². The molecule has 1 aromatic rings. The lowest BCUT2D eigenvalue weighted by Gasteiger charge is -2.48. The van der Waals surface area contributed by atoms with Crippen LogP contribution in [0.15, 0.2) is 42.5 Å². The molecule has 0 aromatic heterocycles. The van der Waals surface area contributed by atoms with Gasteiger partial charge in [0.2, 0.25) is 0 Å². The van der Waals surface area contributed by atoms with Crippen molar-refractivity contribution in [2.75, 3.05) is 25.0 Å². The summed E-state index contributed by atoms with van der Waals surface area (Å²) in [7, 11) is 0. The Morgan fingerprint density at radius 1 is 1.16 bits per heavy atom. The zero-order chi connectivity index (χ0) is 21.6. The maximum absolute atomic E-state index is 13.4. The van der Waals surface area contributed by atoms with Crippen molar-refractivity contribution in [3.8, 4) is 0 Å². The van der Waals surface area contributed by atoms with E-state index in [4.69, 9.17) is 4.74 Å². The predicted molar refractivity (Wildman–Crippen MR) is 113 cm³/mol. The van der Waals surface area contributed by atoms with Crippen LogP contribution in [0, 0.1) is 11.8 Å². The topological polar surface area (TPSA) is 44.7 Å². The number of nitrogens with one attached hydrogen (secondary N) is 1. The van der Waals surface area contributed by atoms with E-state index < -0.39 is 11.7 Å². The van der Waals surface area contributed by atoms with Crippen LogP contribution in [-0.2, 0) is 10.9 Å². The fourth-order valence-corrected chi connectivity index (χ4v) is 5.66. The van der Waals surface area contributed by atoms with Gasteiger partial charge in [0, 0.05) is 48.8 Å². The van der Waals surface area contributed by atoms with Crippen molar-refractivity contribution in [3.05, 3.63) is 53.6 Å². The molecule has 2 saturated heterocycles. The Morgan fingerprint density at radius 2 is 2.03 bits per heavy atom. The first kappa shape index (κ1) is 21.0. The minimum atomic E-state index is -4.38. The third kappa shape index (κ3) is 4.28. The van der Waals surface area contributed by atoms with Crippen molar-refractivity contribution in [2.24, 2.45) is 11.8 Å². The summed E-state index contributed by atoms with van der Waals surface area (Å²) in [5.74, 6) is 0.416. The minimum Gasteiger partial charge on any atom is -0.392 e. The molecule has 31 heavy (non-hydrogen) atoms. The third-order valence-electron chi connectivity index (χ3n) is 7.20. The van der Waals surface area contributed by atoms with Gasteiger partial charge in [-0.15, -0.1) is 0 Å². The number of hydrogen-bond donors (Lipinski definition) is 2. The van der Waals surface area contributed by atoms with Crippen molar-refractivity contribution in [3.63, 3.8) is 0 Å². The number of fused-ring (bicyclic) bond motifs is 3. The molecule has 1 unspecified atom stereocenters. The highest BCUT2D eigenvalue weighted by Crippen LogP contribution is 2.49. The summed E-state index contributed by atoms with van der Waals surface area (Å²) in [6, 6.07) is 4.12. The molecule has 4 aliphatic rings. The van der Waals surface area contributed by atoms with Gasteiger partial charge in [-0.25, -0.2) is 0 Å². The molecule has 0 spiro atoms. The zero-order valence-corrected chi connectivity index (χ0v) is 17.4. The number of alkyl halides is 3. The molecular weight excluding hydrogens is 405 g/mol. The van der Waals surface area contributed by atoms with Crippen LogP contribution < -0.4 is 5.32 Å². The smallest absolute Gasteiger partial charge is 0.392 e. The second kappa shape index (κ2) is 8.26. The molecule has 0 saturated carbocycles. The van der Waals surface area contributed by atoms with Gasteiger partial charge < -0.3 is 15.2 Å². The summed E-state index contributed by atoms with van der Waals surface area (Å²) in [6.45, 7) is 2.21. The van der Waals surface area contributed by atoms with E-state index in [1.807, 2.05) is 6.08 Å². The summed E-state index contributed by atoms with van der Waals surface area (Å²) in [6.07, 6.45) is 6.86. The Labute approximate surface area is 180 Å². The molecule has 0 amide bonds. The predicted octanol–water partition coefficient (Wildman–Crippen LogP) is 4.53. The molecule has 6 atom stereocenters. The third-order valence-corrected chi connectivity index (χ3v) is 7.20. The van der Waals surface area contributed by atoms with Gasteiger partial charge in [-0.05, 0) is 43.9 Å². The van der Waals surface area contributed by atoms with Gasteiger partial charge in [-0.3, -0.25) is 4.90 Å². The number of halogens is 3. The van der Waals surface area contributed by atoms with E-state index in [1.54, 1.807) is 6.07 Å². The van der Waals surface area contributed by atoms with Crippen LogP contribution >= 0.6 is 0 Å². The van der Waals surface area contributed by atoms with Crippen molar-refractivity contribution < 1.29 is 23.0 Å². The van der Waals surface area contributed by atoms with E-state index in [9.17, 15) is 18.3 Å². The average molecular weight is 435 g/mol. The number of anilines is 1. The van der Waals surface area contributed by atoms with Crippen LogP contribution in [0.1, 0.15) is 42.9 Å². The van der Waals surface area contributed by atoms with Gasteiger partial charge in [-0.1, -0.05) is 24.3 Å². The highest BCUT2D eigenvalue weighted by Gasteiger charge is 2.45. The van der Waals surface area contributed by atoms with Crippen LogP contribution in [0.2, 0.25) is 0 Å². The monoisotopic (exact) mass is 434 g/mol. The number of β-amino-alcohol motifs (C(OH)–C–C–N with tert-alkyl or cyclic N) is 1. The van der Waals surface area contributed by atoms with Gasteiger partial charge in [0.25, 0.3) is 0 Å². The number of allylic oxidation sites excluding steroid dienone is 3. The number of ether oxygens (including phenoxy) is 1. The molecule has 1 aliphatic carbocycles. The Morgan fingerprint density at radius 3 is 2.74 bits per heavy atom. The lowest BCUT2D eigenvalue weighted by atomic mass is 9.73. The number of likely N-dealkylation sites (tertiary alicyclic amines) is 1. The molecule has 168 valence electrons. The van der Waals surface area contributed by atoms with Gasteiger partial charge in [0.1, 0.15) is 0 Å². The molecule has 0 radical (unpaired) electrons. The van der Waals surface area contributed by atoms with Crippen molar-refractivity contribution >= 4 is 5.69 Å². The molecule has 3 aliphatic heterocycles. The number of aliphatic hydroxyl groups is 1. The molecule has 0 bridgehead atoms. The number of benzene rings is 1. The number of nitrogens with zero attached hydrogens (tertiary/aromatic N) is 1. The van der Waals surface area contributed by atoms with Crippen LogP contribution in [0.5, 0.6) is 0 Å². The second-order valence-corrected chi connectivity index (χ2v) is 9.30. The number of rotatable bonds is 3. The molecule has 2 N–H and O–H groups in total. The van der Waals surface area contributed by atoms with Crippen molar-refractivity contribution in [1.82, 2.24) is 4.90 Å². The maximum Gasteiger partial charge on any atom is 0.416 e. The number of aliphatic hydroxyl groups excluding tert-OH is 1. The quantitative estimate of drug-likeness (QED) is 0.734. The van der Waals surface area contributed by atoms with E-state index in [-0.39, 0.29) is 30.3 Å². The van der Waals surface area contributed by atoms with Gasteiger partial charge in [-0.2, -0.15) is 13.2 Å². The summed E-state index contributed by atoms with van der Waals surface area (Å²) >= 11 is 0. The molecule has 4 nitrogen and oxygen atoms in total. The lowest BCUT2D eigenvalue weighted by molar-refractivity contribution is -0.138. The van der Waals surface area contributed by atoms with Crippen molar-refractivity contribution in [1.29, 1.82) is 0 Å². The summed E-state index contributed by atoms with van der Waals surface area (Å²) in [4.78, 5) is 2.20. The first-order valence-electron chi connectivity index (χ1n) is 11.3. The van der Waals surface area contributed by atoms with Gasteiger partial charge >= 0.3 is 6.18 Å². The van der Waals surface area contributed by atoms with Crippen LogP contribution in [0.3, 0.4) is 0 Å². The fraction of sp³-hybridized carbons (Fsp3) is 0.583. The Balaban J connectivity index is 1.43. The summed E-state index contributed by atoms with van der Waals surface area (Å²) in [5, 5.41) is 13.4. The van der Waals surface area contributed by atoms with E-state index in [0.717, 1.165) is 50.5 Å². The second-order valence-electron chi connectivity index (χ2n) is 9.30. The SMILES string of the molecule is O[C@@H]1CCN(C[C@H]2CC[C@@H]3[C@H](O2)c2cc(C(F)(F)F)ccc2N[C@H]3C2C=CC=CC2)C1. The highest BCUT2D eigenvalue weighted by atomic mass is 19.4. The van der Waals surface area contributed by atoms with Crippen molar-refractivity contribution in [2.45, 2.75) is 56.2 Å². The van der Waals surface area contributed by atoms with E-state index >= 15 is 0 Å². The molecule has 5 rings (SSSR count). The van der Waals surface area contributed by atoms with E-state index in [0.29, 0.717) is 18.0 Å². The average Bonchev–Trinajstić information content (AvgIpc) is 3.17. The zero-order valence-electron chi connectivity index (χ0n) is 17.4. The van der Waals surface area contributed by atoms with Crippen LogP contribution in [0.4, 0.5) is 18.9 Å². The maximum atomic E-state index is 13.4. The highest BCUT2D eigenvalue weighted by molar-refractivity contribution is 5.58. The summed E-state index contributed by atoms with van der Waals surface area (Å²) < 4.78 is 46.8. The number of hydrogen-bond acceptors (Lipinski definition) is 4. The molecule has 7 heteroatoms. The van der Waals surface area contributed by atoms with Gasteiger partial charge in [0.15, 0.2) is 0 Å². The molecule has 1 aromatic carbocycles. The fourth-order valence-electron chi connectivity index (χ4n) is 5.66.